The smallest absolute Gasteiger partial charge is 0.405 e. The standard InChI is InChI=1S/C8H5BrF4O/c9-6-2-1-3-7(5(6)4-10)14-8(11,12)13/h1-3H,4H2. The molecule has 0 atom stereocenters. The number of rotatable bonds is 2. The van der Waals surface area contributed by atoms with Crippen LogP contribution in [0.25, 0.3) is 0 Å². The molecule has 1 aromatic rings. The predicted octanol–water partition coefficient (Wildman–Crippen LogP) is 3.82. The van der Waals surface area contributed by atoms with Crippen LogP contribution in [0, 0.1) is 0 Å². The summed E-state index contributed by atoms with van der Waals surface area (Å²) in [6, 6.07) is 3.84. The molecule has 1 rings (SSSR count). The average molecular weight is 273 g/mol. The number of halogens is 5. The van der Waals surface area contributed by atoms with E-state index in [4.69, 9.17) is 0 Å². The molecule has 0 amide bonds. The monoisotopic (exact) mass is 272 g/mol. The average Bonchev–Trinajstić information content (AvgIpc) is 2.01. The van der Waals surface area contributed by atoms with Gasteiger partial charge in [-0.1, -0.05) is 22.0 Å². The van der Waals surface area contributed by atoms with Crippen molar-refractivity contribution in [2.75, 3.05) is 0 Å². The quantitative estimate of drug-likeness (QED) is 0.744. The first-order valence-corrected chi connectivity index (χ1v) is 4.32. The molecule has 6 heteroatoms. The molecule has 0 saturated heterocycles. The Morgan fingerprint density at radius 2 is 1.93 bits per heavy atom. The summed E-state index contributed by atoms with van der Waals surface area (Å²) in [4.78, 5) is 0. The Balaban J connectivity index is 3.02. The highest BCUT2D eigenvalue weighted by atomic mass is 79.9. The van der Waals surface area contributed by atoms with E-state index in [1.165, 1.54) is 12.1 Å². The van der Waals surface area contributed by atoms with Gasteiger partial charge in [0.2, 0.25) is 0 Å². The number of hydrogen-bond acceptors (Lipinski definition) is 1. The third kappa shape index (κ3) is 2.87. The summed E-state index contributed by atoms with van der Waals surface area (Å²) in [6.45, 7) is -1.02. The van der Waals surface area contributed by atoms with Gasteiger partial charge in [-0.05, 0) is 12.1 Å². The van der Waals surface area contributed by atoms with Crippen LogP contribution in [0.2, 0.25) is 0 Å². The number of alkyl halides is 4. The second-order valence-corrected chi connectivity index (χ2v) is 3.25. The zero-order valence-electron chi connectivity index (χ0n) is 6.74. The molecule has 0 unspecified atom stereocenters. The fraction of sp³-hybridized carbons (Fsp3) is 0.250. The highest BCUT2D eigenvalue weighted by molar-refractivity contribution is 9.10. The van der Waals surface area contributed by atoms with E-state index in [0.717, 1.165) is 6.07 Å². The van der Waals surface area contributed by atoms with Gasteiger partial charge in [-0.3, -0.25) is 0 Å². The number of hydrogen-bond donors (Lipinski definition) is 0. The molecule has 78 valence electrons. The van der Waals surface area contributed by atoms with E-state index in [-0.39, 0.29) is 10.0 Å². The lowest BCUT2D eigenvalue weighted by atomic mass is 10.2. The van der Waals surface area contributed by atoms with E-state index in [1.807, 2.05) is 0 Å². The molecule has 1 aromatic carbocycles. The summed E-state index contributed by atoms with van der Waals surface area (Å²) >= 11 is 2.93. The Bertz CT molecular complexity index is 324. The van der Waals surface area contributed by atoms with Gasteiger partial charge < -0.3 is 4.74 Å². The van der Waals surface area contributed by atoms with Crippen LogP contribution < -0.4 is 4.74 Å². The Morgan fingerprint density at radius 3 is 2.43 bits per heavy atom. The molecule has 0 aliphatic carbocycles. The molecule has 0 spiro atoms. The Labute approximate surface area is 85.8 Å². The fourth-order valence-corrected chi connectivity index (χ4v) is 1.34. The highest BCUT2D eigenvalue weighted by Crippen LogP contribution is 2.31. The lowest BCUT2D eigenvalue weighted by molar-refractivity contribution is -0.275. The zero-order chi connectivity index (χ0) is 10.8. The maximum Gasteiger partial charge on any atom is 0.573 e. The van der Waals surface area contributed by atoms with E-state index in [9.17, 15) is 17.6 Å². The van der Waals surface area contributed by atoms with Crippen molar-refractivity contribution in [1.82, 2.24) is 0 Å². The SMILES string of the molecule is FCc1c(Br)cccc1OC(F)(F)F. The summed E-state index contributed by atoms with van der Waals surface area (Å²) in [5.74, 6) is -0.519. The van der Waals surface area contributed by atoms with Crippen molar-refractivity contribution in [3.8, 4) is 5.75 Å². The van der Waals surface area contributed by atoms with E-state index in [2.05, 4.69) is 20.7 Å². The van der Waals surface area contributed by atoms with E-state index >= 15 is 0 Å². The van der Waals surface area contributed by atoms with Gasteiger partial charge in [-0.25, -0.2) is 4.39 Å². The van der Waals surface area contributed by atoms with Crippen molar-refractivity contribution >= 4 is 15.9 Å². The van der Waals surface area contributed by atoms with E-state index in [0.29, 0.717) is 0 Å². The number of benzene rings is 1. The van der Waals surface area contributed by atoms with Crippen LogP contribution >= 0.6 is 15.9 Å². The lowest BCUT2D eigenvalue weighted by Crippen LogP contribution is -2.18. The van der Waals surface area contributed by atoms with Gasteiger partial charge in [0.05, 0.1) is 0 Å². The Hall–Kier alpha value is -0.780. The summed E-state index contributed by atoms with van der Waals surface area (Å²) in [6.07, 6.45) is -4.80. The van der Waals surface area contributed by atoms with Crippen molar-refractivity contribution < 1.29 is 22.3 Å². The van der Waals surface area contributed by atoms with E-state index < -0.39 is 18.8 Å². The second-order valence-electron chi connectivity index (χ2n) is 2.40. The number of ether oxygens (including phenoxy) is 1. The van der Waals surface area contributed by atoms with Crippen LogP contribution in [0.5, 0.6) is 5.75 Å². The van der Waals surface area contributed by atoms with Crippen molar-refractivity contribution in [3.05, 3.63) is 28.2 Å². The molecule has 0 heterocycles. The van der Waals surface area contributed by atoms with Crippen LogP contribution in [0.3, 0.4) is 0 Å². The molecule has 0 bridgehead atoms. The highest BCUT2D eigenvalue weighted by Gasteiger charge is 2.32. The first-order valence-electron chi connectivity index (χ1n) is 3.53. The molecule has 0 saturated carbocycles. The van der Waals surface area contributed by atoms with Gasteiger partial charge in [0.1, 0.15) is 12.4 Å². The van der Waals surface area contributed by atoms with Gasteiger partial charge >= 0.3 is 6.36 Å². The molecule has 1 nitrogen and oxygen atoms in total. The Kier molecular flexibility index (Phi) is 3.36. The summed E-state index contributed by atoms with van der Waals surface area (Å²) in [5.41, 5.74) is -0.148. The normalized spacial score (nSPS) is 11.5. The molecule has 14 heavy (non-hydrogen) atoms. The third-order valence-electron chi connectivity index (χ3n) is 1.44. The summed E-state index contributed by atoms with van der Waals surface area (Å²) in [5, 5.41) is 0. The van der Waals surface area contributed by atoms with Crippen molar-refractivity contribution in [1.29, 1.82) is 0 Å². The molecular weight excluding hydrogens is 268 g/mol. The van der Waals surface area contributed by atoms with E-state index in [1.54, 1.807) is 0 Å². The van der Waals surface area contributed by atoms with Gasteiger partial charge in [0.15, 0.2) is 0 Å². The second kappa shape index (κ2) is 4.16. The van der Waals surface area contributed by atoms with Crippen LogP contribution in [0.4, 0.5) is 17.6 Å². The molecule has 0 aromatic heterocycles. The minimum atomic E-state index is -4.80. The third-order valence-corrected chi connectivity index (χ3v) is 2.18. The van der Waals surface area contributed by atoms with Gasteiger partial charge in [-0.2, -0.15) is 0 Å². The molecule has 0 radical (unpaired) electrons. The first kappa shape index (κ1) is 11.3. The fourth-order valence-electron chi connectivity index (χ4n) is 0.889. The van der Waals surface area contributed by atoms with Crippen LogP contribution in [-0.2, 0) is 6.67 Å². The van der Waals surface area contributed by atoms with Crippen LogP contribution in [0.15, 0.2) is 22.7 Å². The zero-order valence-corrected chi connectivity index (χ0v) is 8.32. The van der Waals surface area contributed by atoms with Crippen molar-refractivity contribution in [2.45, 2.75) is 13.0 Å². The van der Waals surface area contributed by atoms with Gasteiger partial charge in [0.25, 0.3) is 0 Å². The van der Waals surface area contributed by atoms with Crippen LogP contribution in [0.1, 0.15) is 5.56 Å². The minimum absolute atomic E-state index is 0.148. The minimum Gasteiger partial charge on any atom is -0.405 e. The maximum absolute atomic E-state index is 12.3. The van der Waals surface area contributed by atoms with Crippen LogP contribution in [-0.4, -0.2) is 6.36 Å². The largest absolute Gasteiger partial charge is 0.573 e. The molecule has 0 N–H and O–H groups in total. The summed E-state index contributed by atoms with van der Waals surface area (Å²) < 4.78 is 51.7. The topological polar surface area (TPSA) is 9.23 Å². The maximum atomic E-state index is 12.3. The Morgan fingerprint density at radius 1 is 1.29 bits per heavy atom. The van der Waals surface area contributed by atoms with Gasteiger partial charge in [-0.15, -0.1) is 13.2 Å². The first-order chi connectivity index (χ1) is 6.44. The van der Waals surface area contributed by atoms with Gasteiger partial charge in [0, 0.05) is 10.0 Å². The predicted molar refractivity (Wildman–Crippen MR) is 45.6 cm³/mol. The summed E-state index contributed by atoms with van der Waals surface area (Å²) in [7, 11) is 0. The molecule has 0 aliphatic rings. The van der Waals surface area contributed by atoms with Crippen molar-refractivity contribution in [3.63, 3.8) is 0 Å². The molecule has 0 aliphatic heterocycles. The molecular formula is C8H5BrF4O. The lowest BCUT2D eigenvalue weighted by Gasteiger charge is -2.12. The van der Waals surface area contributed by atoms with Crippen molar-refractivity contribution in [2.24, 2.45) is 0 Å². The molecule has 0 fully saturated rings.